The topological polar surface area (TPSA) is 24.5 Å². The van der Waals surface area contributed by atoms with Crippen LogP contribution in [-0.2, 0) is 4.74 Å². The highest BCUT2D eigenvalue weighted by atomic mass is 35.5. The van der Waals surface area contributed by atoms with Gasteiger partial charge in [-0.25, -0.2) is 0 Å². The molecule has 0 saturated carbocycles. The predicted octanol–water partition coefficient (Wildman–Crippen LogP) is 6.70. The van der Waals surface area contributed by atoms with Gasteiger partial charge in [0.2, 0.25) is 0 Å². The number of allylic oxidation sites excluding steroid dienone is 8. The van der Waals surface area contributed by atoms with Gasteiger partial charge in [0.05, 0.1) is 6.54 Å². The Morgan fingerprint density at radius 3 is 2.78 bits per heavy atom. The van der Waals surface area contributed by atoms with Crippen molar-refractivity contribution in [3.8, 4) is 0 Å². The fourth-order valence-corrected chi connectivity index (χ4v) is 5.93. The van der Waals surface area contributed by atoms with Gasteiger partial charge < -0.3 is 15.0 Å². The van der Waals surface area contributed by atoms with E-state index in [-0.39, 0.29) is 5.41 Å². The minimum atomic E-state index is 0.286. The fraction of sp³-hybridized carbons (Fsp3) is 0.643. The minimum Gasteiger partial charge on any atom is -0.461 e. The molecule has 2 aliphatic carbocycles. The van der Waals surface area contributed by atoms with E-state index in [9.17, 15) is 0 Å². The Kier molecular flexibility index (Phi) is 7.69. The molecule has 0 bridgehead atoms. The normalized spacial score (nSPS) is 26.8. The van der Waals surface area contributed by atoms with Crippen LogP contribution in [0, 0.1) is 17.3 Å². The molecule has 4 aliphatic rings. The van der Waals surface area contributed by atoms with E-state index in [2.05, 4.69) is 68.3 Å². The van der Waals surface area contributed by atoms with Crippen LogP contribution in [0.15, 0.2) is 58.1 Å². The van der Waals surface area contributed by atoms with Gasteiger partial charge in [0.15, 0.2) is 0 Å². The summed E-state index contributed by atoms with van der Waals surface area (Å²) in [5, 5.41) is 4.82. The third kappa shape index (κ3) is 5.79. The van der Waals surface area contributed by atoms with E-state index in [1.807, 2.05) is 0 Å². The van der Waals surface area contributed by atoms with Gasteiger partial charge in [0, 0.05) is 24.2 Å². The van der Waals surface area contributed by atoms with E-state index in [0.717, 1.165) is 68.3 Å². The Hall–Kier alpha value is -1.29. The summed E-state index contributed by atoms with van der Waals surface area (Å²) in [6.45, 7) is 13.8. The number of nitrogens with one attached hydrogen (secondary N) is 1. The zero-order valence-corrected chi connectivity index (χ0v) is 21.2. The Bertz CT molecular complexity index is 845. The van der Waals surface area contributed by atoms with Crippen LogP contribution in [-0.4, -0.2) is 37.1 Å². The second-order valence-corrected chi connectivity index (χ2v) is 11.5. The summed E-state index contributed by atoms with van der Waals surface area (Å²) in [6.07, 6.45) is 17.8. The van der Waals surface area contributed by atoms with E-state index in [1.54, 1.807) is 5.57 Å². The summed E-state index contributed by atoms with van der Waals surface area (Å²) in [6, 6.07) is 0.458. The molecule has 0 radical (unpaired) electrons. The highest BCUT2D eigenvalue weighted by Crippen LogP contribution is 2.42. The van der Waals surface area contributed by atoms with Crippen LogP contribution in [0.25, 0.3) is 0 Å². The van der Waals surface area contributed by atoms with Gasteiger partial charge in [-0.2, -0.15) is 0 Å². The summed E-state index contributed by atoms with van der Waals surface area (Å²) in [4.78, 5) is 2.68. The molecule has 0 aromatic heterocycles. The molecule has 1 unspecified atom stereocenters. The summed E-state index contributed by atoms with van der Waals surface area (Å²) < 4.78 is 6.19. The average molecular weight is 457 g/mol. The van der Waals surface area contributed by atoms with Crippen molar-refractivity contribution in [3.63, 3.8) is 0 Å². The molecule has 0 amide bonds. The van der Waals surface area contributed by atoms with E-state index in [0.29, 0.717) is 17.9 Å². The molecule has 1 saturated heterocycles. The molecule has 32 heavy (non-hydrogen) atoms. The summed E-state index contributed by atoms with van der Waals surface area (Å²) in [5.74, 6) is 3.42. The van der Waals surface area contributed by atoms with Gasteiger partial charge in [-0.05, 0) is 86.1 Å². The number of hydrogen-bond donors (Lipinski definition) is 1. The molecule has 0 aromatic carbocycles. The predicted molar refractivity (Wildman–Crippen MR) is 135 cm³/mol. The number of hydrogen-bond acceptors (Lipinski definition) is 3. The van der Waals surface area contributed by atoms with E-state index in [1.165, 1.54) is 18.5 Å². The molecule has 2 heterocycles. The summed E-state index contributed by atoms with van der Waals surface area (Å²) >= 11 is 6.20. The van der Waals surface area contributed by atoms with Crippen LogP contribution in [0.3, 0.4) is 0 Å². The largest absolute Gasteiger partial charge is 0.461 e. The highest BCUT2D eigenvalue weighted by Gasteiger charge is 2.38. The fourth-order valence-electron chi connectivity index (χ4n) is 5.78. The molecule has 2 atom stereocenters. The number of ether oxygens (including phenoxy) is 1. The van der Waals surface area contributed by atoms with E-state index < -0.39 is 0 Å². The first-order chi connectivity index (χ1) is 15.3. The van der Waals surface area contributed by atoms with Crippen molar-refractivity contribution in [1.82, 2.24) is 10.2 Å². The maximum atomic E-state index is 6.20. The maximum Gasteiger partial charge on any atom is 0.126 e. The Balaban J connectivity index is 1.31. The van der Waals surface area contributed by atoms with Gasteiger partial charge >= 0.3 is 0 Å². The second kappa shape index (κ2) is 10.3. The van der Waals surface area contributed by atoms with Crippen LogP contribution in [0.5, 0.6) is 0 Å². The van der Waals surface area contributed by atoms with Gasteiger partial charge in [-0.15, -0.1) is 0 Å². The van der Waals surface area contributed by atoms with Gasteiger partial charge in [-0.1, -0.05) is 57.0 Å². The molecule has 0 spiro atoms. The maximum absolute atomic E-state index is 6.20. The molecule has 4 rings (SSSR count). The first-order valence-corrected chi connectivity index (χ1v) is 13.0. The van der Waals surface area contributed by atoms with Crippen molar-refractivity contribution in [3.05, 3.63) is 58.1 Å². The van der Waals surface area contributed by atoms with Crippen molar-refractivity contribution < 1.29 is 4.74 Å². The summed E-state index contributed by atoms with van der Waals surface area (Å²) in [5.41, 5.74) is 3.34. The number of nitrogens with zero attached hydrogens (tertiary/aromatic N) is 1. The van der Waals surface area contributed by atoms with E-state index >= 15 is 0 Å². The lowest BCUT2D eigenvalue weighted by atomic mass is 9.68. The monoisotopic (exact) mass is 456 g/mol. The lowest BCUT2D eigenvalue weighted by Gasteiger charge is -2.47. The highest BCUT2D eigenvalue weighted by molar-refractivity contribution is 6.29. The zero-order chi connectivity index (χ0) is 22.7. The molecule has 176 valence electrons. The lowest BCUT2D eigenvalue weighted by molar-refractivity contribution is 0.0604. The van der Waals surface area contributed by atoms with Gasteiger partial charge in [0.1, 0.15) is 11.5 Å². The Morgan fingerprint density at radius 1 is 1.22 bits per heavy atom. The van der Waals surface area contributed by atoms with Crippen LogP contribution < -0.4 is 5.32 Å². The molecule has 1 fully saturated rings. The van der Waals surface area contributed by atoms with Crippen molar-refractivity contribution in [2.75, 3.05) is 26.2 Å². The number of piperidine rings is 1. The molecule has 1 N–H and O–H groups in total. The molecule has 0 aromatic rings. The molecule has 2 aliphatic heterocycles. The quantitative estimate of drug-likeness (QED) is 0.461. The zero-order valence-electron chi connectivity index (χ0n) is 20.4. The third-order valence-electron chi connectivity index (χ3n) is 7.73. The number of likely N-dealkylation sites (tertiary alicyclic amines) is 1. The first kappa shape index (κ1) is 23.9. The number of halogens is 1. The second-order valence-electron chi connectivity index (χ2n) is 11.0. The van der Waals surface area contributed by atoms with Gasteiger partial charge in [0.25, 0.3) is 0 Å². The van der Waals surface area contributed by atoms with Crippen molar-refractivity contribution in [1.29, 1.82) is 0 Å². The van der Waals surface area contributed by atoms with Crippen molar-refractivity contribution in [2.24, 2.45) is 17.3 Å². The Morgan fingerprint density at radius 2 is 2.06 bits per heavy atom. The number of rotatable bonds is 7. The van der Waals surface area contributed by atoms with Crippen LogP contribution in [0.1, 0.15) is 66.2 Å². The first-order valence-electron chi connectivity index (χ1n) is 12.6. The van der Waals surface area contributed by atoms with Crippen molar-refractivity contribution in [2.45, 2.75) is 72.3 Å². The van der Waals surface area contributed by atoms with E-state index in [4.69, 9.17) is 16.3 Å². The van der Waals surface area contributed by atoms with Crippen LogP contribution in [0.2, 0.25) is 0 Å². The SMILES string of the molecule is CC(C)[C@H](CN1CCC(C2=CC=C(Cl)CC2)C(C)(C)C1)NCC1=CCC2=C(C=CCC2)O1. The van der Waals surface area contributed by atoms with Crippen molar-refractivity contribution >= 4 is 11.6 Å². The molecule has 4 heteroatoms. The smallest absolute Gasteiger partial charge is 0.126 e. The average Bonchev–Trinajstić information content (AvgIpc) is 2.76. The Labute approximate surface area is 200 Å². The lowest BCUT2D eigenvalue weighted by Crippen LogP contribution is -2.52. The standard InChI is InChI=1S/C28H41ClN2O/c1-20(2)26(30-17-24-14-11-22-7-5-6-8-27(22)32-24)18-31-16-15-25(28(3,4)19-31)21-9-12-23(29)13-10-21/h6,8-9,12,14,20,25-26,30H,5,7,10-11,13,15-19H2,1-4H3/t25?,26-/m0/s1. The van der Waals surface area contributed by atoms with Crippen LogP contribution >= 0.6 is 11.6 Å². The third-order valence-corrected chi connectivity index (χ3v) is 8.05. The van der Waals surface area contributed by atoms with Crippen LogP contribution in [0.4, 0.5) is 0 Å². The minimum absolute atomic E-state index is 0.286. The molecular weight excluding hydrogens is 416 g/mol. The molecular formula is C28H41ClN2O. The summed E-state index contributed by atoms with van der Waals surface area (Å²) in [7, 11) is 0. The molecule has 3 nitrogen and oxygen atoms in total. The van der Waals surface area contributed by atoms with Gasteiger partial charge in [-0.3, -0.25) is 0 Å².